The molecule has 0 aromatic heterocycles. The molecule has 386 valence electrons. The molecule has 6 unspecified atom stereocenters. The van der Waals surface area contributed by atoms with E-state index in [1.807, 2.05) is 0 Å². The van der Waals surface area contributed by atoms with E-state index < -0.39 is 63.1 Å². The van der Waals surface area contributed by atoms with Crippen LogP contribution in [0, 0.1) is 0 Å². The predicted molar refractivity (Wildman–Crippen MR) is 267 cm³/mol. The molecule has 0 aromatic rings. The minimum absolute atomic E-state index is 0.0842. The highest BCUT2D eigenvalue weighted by Gasteiger charge is 2.51. The molecule has 66 heavy (non-hydrogen) atoms. The van der Waals surface area contributed by atoms with Gasteiger partial charge < -0.3 is 39.9 Å². The van der Waals surface area contributed by atoms with Crippen LogP contribution in [0.5, 0.6) is 0 Å². The number of phosphoric acid groups is 1. The number of allylic oxidation sites excluding steroid dienone is 8. The van der Waals surface area contributed by atoms with E-state index in [1.54, 1.807) is 0 Å². The monoisotopic (exact) mass is 957 g/mol. The molecule has 6 N–H and O–H groups in total. The van der Waals surface area contributed by atoms with Crippen molar-refractivity contribution in [3.63, 3.8) is 0 Å². The number of hydrogen-bond acceptors (Lipinski definition) is 11. The molecule has 1 saturated carbocycles. The largest absolute Gasteiger partial charge is 0.472 e. The van der Waals surface area contributed by atoms with Crippen molar-refractivity contribution in [3.05, 3.63) is 48.6 Å². The van der Waals surface area contributed by atoms with Gasteiger partial charge >= 0.3 is 13.8 Å². The Morgan fingerprint density at radius 1 is 0.485 bits per heavy atom. The first-order valence-electron chi connectivity index (χ1n) is 26.5. The van der Waals surface area contributed by atoms with Crippen molar-refractivity contribution in [2.45, 2.75) is 262 Å². The topological polar surface area (TPSA) is 192 Å². The Balaban J connectivity index is 2.33. The normalized spacial score (nSPS) is 21.8. The molecule has 0 spiro atoms. The van der Waals surface area contributed by atoms with E-state index in [4.69, 9.17) is 18.5 Å². The molecule has 1 rings (SSSR count). The average molecular weight is 957 g/mol. The average Bonchev–Trinajstić information content (AvgIpc) is 3.30. The quantitative estimate of drug-likeness (QED) is 0.0147. The summed E-state index contributed by atoms with van der Waals surface area (Å²) in [5.41, 5.74) is 0. The molecule has 13 heteroatoms. The smallest absolute Gasteiger partial charge is 0.457 e. The zero-order valence-electron chi connectivity index (χ0n) is 41.5. The summed E-state index contributed by atoms with van der Waals surface area (Å²) in [6.07, 6.45) is 41.7. The van der Waals surface area contributed by atoms with Gasteiger partial charge in [-0.1, -0.05) is 184 Å². The third kappa shape index (κ3) is 34.6. The van der Waals surface area contributed by atoms with Crippen LogP contribution in [0.15, 0.2) is 48.6 Å². The van der Waals surface area contributed by atoms with Crippen LogP contribution in [0.2, 0.25) is 0 Å². The standard InChI is InChI=1S/C53H97O12P/c1-3-5-7-9-11-13-15-17-19-21-22-23-24-25-26-27-28-30-32-34-36-38-40-42-47(54)64-46(45-63-66(60,61)65-53-51(58)49(56)48(55)50(57)52(53)59)44-62-43-41-39-37-35-33-31-29-20-18-16-14-12-10-8-6-4-2/h15,17-18,20-22,24-25,46,48-53,55-59H,3-14,16,19,23,26-45H2,1-2H3,(H,60,61)/b17-15-,20-18-,22-21-,25-24-. The Bertz CT molecular complexity index is 1270. The molecule has 1 fully saturated rings. The van der Waals surface area contributed by atoms with Crippen LogP contribution in [0.25, 0.3) is 0 Å². The number of hydrogen-bond donors (Lipinski definition) is 6. The van der Waals surface area contributed by atoms with Crippen molar-refractivity contribution < 1.29 is 58.3 Å². The van der Waals surface area contributed by atoms with Crippen LogP contribution in [-0.2, 0) is 27.9 Å². The second-order valence-corrected chi connectivity index (χ2v) is 19.8. The van der Waals surface area contributed by atoms with E-state index in [0.717, 1.165) is 77.0 Å². The molecule has 0 heterocycles. The summed E-state index contributed by atoms with van der Waals surface area (Å²) in [5, 5.41) is 50.3. The van der Waals surface area contributed by atoms with Gasteiger partial charge in [0, 0.05) is 13.0 Å². The molecule has 1 aliphatic rings. The Morgan fingerprint density at radius 3 is 1.30 bits per heavy atom. The lowest BCUT2D eigenvalue weighted by Crippen LogP contribution is -2.64. The molecule has 0 saturated heterocycles. The number of carbonyl (C=O) groups is 1. The van der Waals surface area contributed by atoms with Gasteiger partial charge in [0.15, 0.2) is 0 Å². The first-order chi connectivity index (χ1) is 32.0. The van der Waals surface area contributed by atoms with Gasteiger partial charge in [0.1, 0.15) is 42.7 Å². The zero-order valence-corrected chi connectivity index (χ0v) is 42.4. The van der Waals surface area contributed by atoms with Crippen molar-refractivity contribution in [2.75, 3.05) is 19.8 Å². The van der Waals surface area contributed by atoms with Crippen molar-refractivity contribution in [1.82, 2.24) is 0 Å². The molecule has 12 nitrogen and oxygen atoms in total. The molecule has 0 radical (unpaired) electrons. The molecule has 0 aliphatic heterocycles. The number of carbonyl (C=O) groups excluding carboxylic acids is 1. The number of ether oxygens (including phenoxy) is 2. The number of rotatable bonds is 45. The maximum absolute atomic E-state index is 12.9. The second-order valence-electron chi connectivity index (χ2n) is 18.4. The van der Waals surface area contributed by atoms with Crippen LogP contribution in [0.4, 0.5) is 0 Å². The van der Waals surface area contributed by atoms with Gasteiger partial charge in [-0.2, -0.15) is 0 Å². The Labute approximate surface area is 401 Å². The van der Waals surface area contributed by atoms with Crippen LogP contribution >= 0.6 is 7.82 Å². The fourth-order valence-corrected chi connectivity index (χ4v) is 8.92. The first kappa shape index (κ1) is 62.3. The fraction of sp³-hybridized carbons (Fsp3) is 0.830. The lowest BCUT2D eigenvalue weighted by Gasteiger charge is -2.41. The van der Waals surface area contributed by atoms with E-state index in [0.29, 0.717) is 13.0 Å². The van der Waals surface area contributed by atoms with Crippen LogP contribution < -0.4 is 0 Å². The zero-order chi connectivity index (χ0) is 48.4. The third-order valence-corrected chi connectivity index (χ3v) is 13.2. The van der Waals surface area contributed by atoms with Crippen LogP contribution in [-0.4, -0.2) is 98.9 Å². The van der Waals surface area contributed by atoms with Gasteiger partial charge in [-0.05, 0) is 77.0 Å². The molecule has 0 bridgehead atoms. The second kappa shape index (κ2) is 43.3. The summed E-state index contributed by atoms with van der Waals surface area (Å²) in [6, 6.07) is 0. The van der Waals surface area contributed by atoms with Gasteiger partial charge in [0.05, 0.1) is 13.2 Å². The fourth-order valence-electron chi connectivity index (χ4n) is 7.95. The Kier molecular flexibility index (Phi) is 40.9. The summed E-state index contributed by atoms with van der Waals surface area (Å²) in [4.78, 5) is 23.3. The summed E-state index contributed by atoms with van der Waals surface area (Å²) in [5.74, 6) is -0.486. The highest BCUT2D eigenvalue weighted by molar-refractivity contribution is 7.47. The molecular weight excluding hydrogens is 860 g/mol. The summed E-state index contributed by atoms with van der Waals surface area (Å²) in [7, 11) is -5.03. The maximum atomic E-state index is 12.9. The van der Waals surface area contributed by atoms with E-state index in [2.05, 4.69) is 62.5 Å². The van der Waals surface area contributed by atoms with Gasteiger partial charge in [-0.3, -0.25) is 13.8 Å². The van der Waals surface area contributed by atoms with E-state index in [1.165, 1.54) is 116 Å². The highest BCUT2D eigenvalue weighted by Crippen LogP contribution is 2.47. The van der Waals surface area contributed by atoms with Gasteiger partial charge in [-0.25, -0.2) is 4.57 Å². The molecule has 6 atom stereocenters. The minimum atomic E-state index is -5.03. The SMILES string of the molecule is CCCCCCC/C=C\C/C=C\C/C=C\CCCCCCCCCCC(=O)OC(COCCCCCCCC/C=C\CCCCCCCC)COP(=O)(O)OC1C(O)C(O)C(O)C(O)C1O. The number of unbranched alkanes of at least 4 members (excludes halogenated alkanes) is 25. The number of phosphoric ester groups is 1. The van der Waals surface area contributed by atoms with Crippen molar-refractivity contribution in [1.29, 1.82) is 0 Å². The van der Waals surface area contributed by atoms with E-state index in [9.17, 15) is 39.8 Å². The lowest BCUT2D eigenvalue weighted by molar-refractivity contribution is -0.220. The van der Waals surface area contributed by atoms with E-state index >= 15 is 0 Å². The summed E-state index contributed by atoms with van der Waals surface area (Å²) >= 11 is 0. The third-order valence-electron chi connectivity index (χ3n) is 12.2. The van der Waals surface area contributed by atoms with Crippen LogP contribution in [0.1, 0.15) is 219 Å². The first-order valence-corrected chi connectivity index (χ1v) is 28.0. The summed E-state index contributed by atoms with van der Waals surface area (Å²) < 4.78 is 34.3. The van der Waals surface area contributed by atoms with E-state index in [-0.39, 0.29) is 13.0 Å². The van der Waals surface area contributed by atoms with Gasteiger partial charge in [0.25, 0.3) is 0 Å². The van der Waals surface area contributed by atoms with Crippen LogP contribution in [0.3, 0.4) is 0 Å². The number of aliphatic hydroxyl groups excluding tert-OH is 5. The van der Waals surface area contributed by atoms with Gasteiger partial charge in [-0.15, -0.1) is 0 Å². The minimum Gasteiger partial charge on any atom is -0.457 e. The molecule has 0 aromatic carbocycles. The Hall–Kier alpha value is -1.70. The highest BCUT2D eigenvalue weighted by atomic mass is 31.2. The predicted octanol–water partition coefficient (Wildman–Crippen LogP) is 12.0. The molecule has 0 amide bonds. The molecule has 1 aliphatic carbocycles. The maximum Gasteiger partial charge on any atom is 0.472 e. The summed E-state index contributed by atoms with van der Waals surface area (Å²) in [6.45, 7) is 4.24. The van der Waals surface area contributed by atoms with Crippen molar-refractivity contribution in [2.24, 2.45) is 0 Å². The van der Waals surface area contributed by atoms with Gasteiger partial charge in [0.2, 0.25) is 0 Å². The van der Waals surface area contributed by atoms with Crippen molar-refractivity contribution >= 4 is 13.8 Å². The number of aliphatic hydroxyl groups is 5. The Morgan fingerprint density at radius 2 is 0.848 bits per heavy atom. The van der Waals surface area contributed by atoms with Crippen molar-refractivity contribution in [3.8, 4) is 0 Å². The molecular formula is C53H97O12P. The lowest BCUT2D eigenvalue weighted by atomic mass is 9.85. The number of esters is 1.